The summed E-state index contributed by atoms with van der Waals surface area (Å²) in [4.78, 5) is 22.7. The summed E-state index contributed by atoms with van der Waals surface area (Å²) in [6.45, 7) is 1.95. The zero-order chi connectivity index (χ0) is 15.4. The van der Waals surface area contributed by atoms with E-state index in [1.165, 1.54) is 7.11 Å². The molecule has 0 aliphatic rings. The molecule has 0 saturated carbocycles. The number of carbonyl (C=O) groups excluding carboxylic acids is 2. The zero-order valence-electron chi connectivity index (χ0n) is 11.8. The summed E-state index contributed by atoms with van der Waals surface area (Å²) in [5.41, 5.74) is 8.84. The molecule has 0 aliphatic carbocycles. The van der Waals surface area contributed by atoms with E-state index >= 15 is 0 Å². The van der Waals surface area contributed by atoms with Crippen LogP contribution in [-0.2, 0) is 4.74 Å². The Balaban J connectivity index is 2.52. The van der Waals surface area contributed by atoms with E-state index in [1.807, 2.05) is 25.1 Å². The van der Waals surface area contributed by atoms with Crippen LogP contribution < -0.4 is 11.1 Å². The van der Waals surface area contributed by atoms with Gasteiger partial charge in [-0.1, -0.05) is 23.8 Å². The van der Waals surface area contributed by atoms with Crippen molar-refractivity contribution in [3.8, 4) is 11.1 Å². The van der Waals surface area contributed by atoms with Crippen LogP contribution in [0.1, 0.15) is 15.9 Å². The fraction of sp³-hybridized carbons (Fsp3) is 0.125. The molecule has 0 bridgehead atoms. The van der Waals surface area contributed by atoms with Crippen molar-refractivity contribution in [2.45, 2.75) is 6.92 Å². The number of esters is 1. The summed E-state index contributed by atoms with van der Waals surface area (Å²) < 4.78 is 4.72. The van der Waals surface area contributed by atoms with Gasteiger partial charge in [-0.15, -0.1) is 0 Å². The number of rotatable bonds is 3. The Kier molecular flexibility index (Phi) is 4.23. The van der Waals surface area contributed by atoms with E-state index in [0.717, 1.165) is 16.7 Å². The van der Waals surface area contributed by atoms with Crippen molar-refractivity contribution in [3.63, 3.8) is 0 Å². The lowest BCUT2D eigenvalue weighted by Crippen LogP contribution is -2.19. The van der Waals surface area contributed by atoms with Crippen molar-refractivity contribution < 1.29 is 14.3 Å². The van der Waals surface area contributed by atoms with Gasteiger partial charge in [0.15, 0.2) is 0 Å². The molecule has 108 valence electrons. The first-order valence-corrected chi connectivity index (χ1v) is 6.37. The number of amides is 2. The second-order valence-corrected chi connectivity index (χ2v) is 4.61. The summed E-state index contributed by atoms with van der Waals surface area (Å²) in [5.74, 6) is -0.408. The Hall–Kier alpha value is -2.82. The van der Waals surface area contributed by atoms with Gasteiger partial charge >= 0.3 is 12.0 Å². The van der Waals surface area contributed by atoms with Crippen LogP contribution in [0, 0.1) is 6.92 Å². The number of hydrogen-bond donors (Lipinski definition) is 2. The molecule has 0 fully saturated rings. The SMILES string of the molecule is COC(=O)c1cccc(-c2cc(C)ccc2NC(N)=O)c1. The molecule has 0 unspecified atom stereocenters. The number of primary amides is 1. The first-order chi connectivity index (χ1) is 10.0. The van der Waals surface area contributed by atoms with Crippen LogP contribution in [-0.4, -0.2) is 19.1 Å². The molecule has 0 atom stereocenters. The van der Waals surface area contributed by atoms with Crippen molar-refractivity contribution >= 4 is 17.7 Å². The smallest absolute Gasteiger partial charge is 0.337 e. The van der Waals surface area contributed by atoms with Crippen molar-refractivity contribution in [1.29, 1.82) is 0 Å². The highest BCUT2D eigenvalue weighted by Gasteiger charge is 2.11. The number of nitrogens with two attached hydrogens (primary N) is 1. The molecule has 5 heteroatoms. The van der Waals surface area contributed by atoms with E-state index in [4.69, 9.17) is 10.5 Å². The highest BCUT2D eigenvalue weighted by molar-refractivity contribution is 5.95. The molecule has 0 heterocycles. The molecule has 0 aliphatic heterocycles. The number of carbonyl (C=O) groups is 2. The fourth-order valence-electron chi connectivity index (χ4n) is 2.07. The van der Waals surface area contributed by atoms with Gasteiger partial charge in [-0.05, 0) is 36.8 Å². The number of anilines is 1. The number of benzene rings is 2. The van der Waals surface area contributed by atoms with Crippen molar-refractivity contribution in [2.75, 3.05) is 12.4 Å². The summed E-state index contributed by atoms with van der Waals surface area (Å²) in [6, 6.07) is 11.9. The van der Waals surface area contributed by atoms with Gasteiger partial charge in [0, 0.05) is 5.56 Å². The average molecular weight is 284 g/mol. The van der Waals surface area contributed by atoms with E-state index in [2.05, 4.69) is 5.32 Å². The minimum absolute atomic E-state index is 0.408. The summed E-state index contributed by atoms with van der Waals surface area (Å²) in [5, 5.41) is 2.58. The third-order valence-electron chi connectivity index (χ3n) is 3.03. The predicted molar refractivity (Wildman–Crippen MR) is 81.2 cm³/mol. The molecule has 2 aromatic rings. The molecular formula is C16H16N2O3. The molecule has 2 rings (SSSR count). The third-order valence-corrected chi connectivity index (χ3v) is 3.03. The predicted octanol–water partition coefficient (Wildman–Crippen LogP) is 2.94. The van der Waals surface area contributed by atoms with Gasteiger partial charge in [-0.3, -0.25) is 0 Å². The van der Waals surface area contributed by atoms with E-state index in [1.54, 1.807) is 24.3 Å². The Bertz CT molecular complexity index is 696. The van der Waals surface area contributed by atoms with Crippen LogP contribution in [0.4, 0.5) is 10.5 Å². The lowest BCUT2D eigenvalue weighted by Gasteiger charge is -2.12. The first-order valence-electron chi connectivity index (χ1n) is 6.37. The molecular weight excluding hydrogens is 268 g/mol. The molecule has 2 amide bonds. The Labute approximate surface area is 122 Å². The summed E-state index contributed by atoms with van der Waals surface area (Å²) >= 11 is 0. The highest BCUT2D eigenvalue weighted by atomic mass is 16.5. The van der Waals surface area contributed by atoms with Gasteiger partial charge in [-0.25, -0.2) is 9.59 Å². The lowest BCUT2D eigenvalue weighted by molar-refractivity contribution is 0.0601. The third kappa shape index (κ3) is 3.39. The standard InChI is InChI=1S/C16H16N2O3/c1-10-6-7-14(18-16(17)20)13(8-10)11-4-3-5-12(9-11)15(19)21-2/h3-9H,1-2H3,(H3,17,18,20). The molecule has 0 radical (unpaired) electrons. The number of hydrogen-bond acceptors (Lipinski definition) is 3. The molecule has 0 spiro atoms. The number of nitrogens with one attached hydrogen (secondary N) is 1. The second kappa shape index (κ2) is 6.09. The van der Waals surface area contributed by atoms with E-state index in [9.17, 15) is 9.59 Å². The summed E-state index contributed by atoms with van der Waals surface area (Å²) in [7, 11) is 1.34. The van der Waals surface area contributed by atoms with Gasteiger partial charge < -0.3 is 15.8 Å². The van der Waals surface area contributed by atoms with Gasteiger partial charge in [0.05, 0.1) is 18.4 Å². The number of urea groups is 1. The topological polar surface area (TPSA) is 81.4 Å². The van der Waals surface area contributed by atoms with Crippen LogP contribution in [0.15, 0.2) is 42.5 Å². The number of methoxy groups -OCH3 is 1. The maximum Gasteiger partial charge on any atom is 0.337 e. The van der Waals surface area contributed by atoms with Crippen LogP contribution in [0.3, 0.4) is 0 Å². The maximum atomic E-state index is 11.6. The van der Waals surface area contributed by atoms with Gasteiger partial charge in [0.25, 0.3) is 0 Å². The molecule has 5 nitrogen and oxygen atoms in total. The van der Waals surface area contributed by atoms with Crippen LogP contribution in [0.5, 0.6) is 0 Å². The van der Waals surface area contributed by atoms with Crippen molar-refractivity contribution in [1.82, 2.24) is 0 Å². The molecule has 2 aromatic carbocycles. The van der Waals surface area contributed by atoms with Crippen LogP contribution >= 0.6 is 0 Å². The Morgan fingerprint density at radius 2 is 1.90 bits per heavy atom. The van der Waals surface area contributed by atoms with Crippen LogP contribution in [0.2, 0.25) is 0 Å². The van der Waals surface area contributed by atoms with Gasteiger partial charge in [0.2, 0.25) is 0 Å². The molecule has 0 saturated heterocycles. The van der Waals surface area contributed by atoms with E-state index in [0.29, 0.717) is 11.3 Å². The zero-order valence-corrected chi connectivity index (χ0v) is 11.8. The maximum absolute atomic E-state index is 11.6. The molecule has 0 aromatic heterocycles. The quantitative estimate of drug-likeness (QED) is 0.850. The lowest BCUT2D eigenvalue weighted by atomic mass is 9.99. The average Bonchev–Trinajstić information content (AvgIpc) is 2.48. The molecule has 21 heavy (non-hydrogen) atoms. The van der Waals surface area contributed by atoms with E-state index in [-0.39, 0.29) is 0 Å². The monoisotopic (exact) mass is 284 g/mol. The Morgan fingerprint density at radius 3 is 2.57 bits per heavy atom. The van der Waals surface area contributed by atoms with Crippen molar-refractivity contribution in [3.05, 3.63) is 53.6 Å². The van der Waals surface area contributed by atoms with Crippen LogP contribution in [0.25, 0.3) is 11.1 Å². The molecule has 3 N–H and O–H groups in total. The fourth-order valence-corrected chi connectivity index (χ4v) is 2.07. The van der Waals surface area contributed by atoms with Gasteiger partial charge in [-0.2, -0.15) is 0 Å². The van der Waals surface area contributed by atoms with E-state index < -0.39 is 12.0 Å². The highest BCUT2D eigenvalue weighted by Crippen LogP contribution is 2.29. The summed E-state index contributed by atoms with van der Waals surface area (Å²) in [6.07, 6.45) is 0. The Morgan fingerprint density at radius 1 is 1.14 bits per heavy atom. The van der Waals surface area contributed by atoms with Crippen molar-refractivity contribution in [2.24, 2.45) is 5.73 Å². The number of ether oxygens (including phenoxy) is 1. The number of aryl methyl sites for hydroxylation is 1. The first kappa shape index (κ1) is 14.6. The minimum Gasteiger partial charge on any atom is -0.465 e. The minimum atomic E-state index is -0.635. The van der Waals surface area contributed by atoms with Gasteiger partial charge in [0.1, 0.15) is 0 Å². The second-order valence-electron chi connectivity index (χ2n) is 4.61. The largest absolute Gasteiger partial charge is 0.465 e. The normalized spacial score (nSPS) is 10.0.